The molecule has 0 saturated heterocycles. The molecular weight excluding hydrogens is 589 g/mol. The maximum atomic E-state index is 5.28. The third-order valence-electron chi connectivity index (χ3n) is 9.42. The first-order valence-corrected chi connectivity index (χ1v) is 16.7. The number of hydrogen-bond acceptors (Lipinski definition) is 3. The quantitative estimate of drug-likeness (QED) is 0.146. The van der Waals surface area contributed by atoms with E-state index in [9.17, 15) is 0 Å². The molecule has 0 amide bonds. The van der Waals surface area contributed by atoms with Crippen LogP contribution in [0.5, 0.6) is 0 Å². The minimum absolute atomic E-state index is 0.926. The molecule has 10 aromatic rings. The van der Waals surface area contributed by atoms with Gasteiger partial charge in [-0.1, -0.05) is 127 Å². The van der Waals surface area contributed by atoms with Crippen molar-refractivity contribution in [2.24, 2.45) is 0 Å². The second kappa shape index (κ2) is 10.3. The first-order chi connectivity index (χ1) is 23.3. The molecular formula is C44H26N2S. The molecule has 2 nitrogen and oxygen atoms in total. The van der Waals surface area contributed by atoms with Crippen molar-refractivity contribution in [2.45, 2.75) is 0 Å². The van der Waals surface area contributed by atoms with Crippen molar-refractivity contribution >= 4 is 75.0 Å². The smallest absolute Gasteiger partial charge is 0.0978 e. The van der Waals surface area contributed by atoms with Crippen LogP contribution in [0, 0.1) is 0 Å². The van der Waals surface area contributed by atoms with E-state index in [4.69, 9.17) is 9.97 Å². The first-order valence-electron chi connectivity index (χ1n) is 15.9. The zero-order valence-electron chi connectivity index (χ0n) is 25.3. The first kappa shape index (κ1) is 26.3. The predicted octanol–water partition coefficient (Wildman–Crippen LogP) is 12.5. The van der Waals surface area contributed by atoms with Gasteiger partial charge in [0.25, 0.3) is 0 Å². The number of pyridine rings is 2. The summed E-state index contributed by atoms with van der Waals surface area (Å²) in [5.41, 5.74) is 9.79. The van der Waals surface area contributed by atoms with Crippen molar-refractivity contribution in [1.82, 2.24) is 9.97 Å². The van der Waals surface area contributed by atoms with E-state index in [1.165, 1.54) is 53.2 Å². The van der Waals surface area contributed by atoms with Crippen molar-refractivity contribution in [3.8, 4) is 33.5 Å². The summed E-state index contributed by atoms with van der Waals surface area (Å²) in [6.07, 6.45) is 0. The molecule has 0 fully saturated rings. The van der Waals surface area contributed by atoms with Gasteiger partial charge in [0.15, 0.2) is 0 Å². The van der Waals surface area contributed by atoms with E-state index in [0.717, 1.165) is 44.0 Å². The molecule has 0 spiro atoms. The van der Waals surface area contributed by atoms with Crippen LogP contribution >= 0.6 is 11.3 Å². The van der Waals surface area contributed by atoms with Gasteiger partial charge in [-0.25, -0.2) is 9.97 Å². The van der Waals surface area contributed by atoms with Crippen molar-refractivity contribution in [3.63, 3.8) is 0 Å². The largest absolute Gasteiger partial charge is 0.245 e. The second-order valence-electron chi connectivity index (χ2n) is 12.2. The summed E-state index contributed by atoms with van der Waals surface area (Å²) >= 11 is 1.88. The summed E-state index contributed by atoms with van der Waals surface area (Å²) in [6.45, 7) is 0. The molecule has 0 aliphatic carbocycles. The Morgan fingerprint density at radius 2 is 1.11 bits per heavy atom. The maximum absolute atomic E-state index is 5.28. The maximum Gasteiger partial charge on any atom is 0.0978 e. The normalized spacial score (nSPS) is 11.8. The molecule has 0 N–H and O–H groups in total. The molecule has 3 heteroatoms. The van der Waals surface area contributed by atoms with Crippen LogP contribution < -0.4 is 0 Å². The number of thiophene rings is 1. The number of nitrogens with zero attached hydrogens (tertiary/aromatic N) is 2. The van der Waals surface area contributed by atoms with Gasteiger partial charge in [-0.15, -0.1) is 11.3 Å². The van der Waals surface area contributed by atoms with Gasteiger partial charge < -0.3 is 0 Å². The fourth-order valence-electron chi connectivity index (χ4n) is 7.16. The Balaban J connectivity index is 1.11. The Labute approximate surface area is 275 Å². The molecule has 0 unspecified atom stereocenters. The molecule has 0 aliphatic heterocycles. The fourth-order valence-corrected chi connectivity index (χ4v) is 8.40. The lowest BCUT2D eigenvalue weighted by Crippen LogP contribution is -1.93. The number of fused-ring (bicyclic) bond motifs is 8. The molecule has 10 rings (SSSR count). The summed E-state index contributed by atoms with van der Waals surface area (Å²) in [7, 11) is 0. The van der Waals surface area contributed by atoms with Crippen LogP contribution in [0.3, 0.4) is 0 Å². The van der Waals surface area contributed by atoms with Crippen LogP contribution in [0.1, 0.15) is 0 Å². The van der Waals surface area contributed by atoms with Gasteiger partial charge in [-0.2, -0.15) is 0 Å². The molecule has 0 saturated carbocycles. The highest BCUT2D eigenvalue weighted by molar-refractivity contribution is 7.26. The van der Waals surface area contributed by atoms with E-state index in [1.54, 1.807) is 0 Å². The number of rotatable bonds is 3. The molecule has 0 aliphatic rings. The molecule has 7 aromatic carbocycles. The minimum atomic E-state index is 0.926. The topological polar surface area (TPSA) is 25.8 Å². The van der Waals surface area contributed by atoms with E-state index in [0.29, 0.717) is 0 Å². The Kier molecular flexibility index (Phi) is 5.78. The Bertz CT molecular complexity index is 2850. The second-order valence-corrected chi connectivity index (χ2v) is 13.2. The van der Waals surface area contributed by atoms with E-state index in [1.807, 2.05) is 11.3 Å². The molecule has 0 atom stereocenters. The van der Waals surface area contributed by atoms with Gasteiger partial charge >= 0.3 is 0 Å². The third kappa shape index (κ3) is 4.17. The van der Waals surface area contributed by atoms with Crippen molar-refractivity contribution in [1.29, 1.82) is 0 Å². The van der Waals surface area contributed by atoms with Crippen LogP contribution in [0.25, 0.3) is 97.2 Å². The van der Waals surface area contributed by atoms with Crippen LogP contribution in [0.4, 0.5) is 0 Å². The number of para-hydroxylation sites is 1. The van der Waals surface area contributed by atoms with Gasteiger partial charge in [0.05, 0.1) is 22.2 Å². The predicted molar refractivity (Wildman–Crippen MR) is 201 cm³/mol. The van der Waals surface area contributed by atoms with E-state index >= 15 is 0 Å². The highest BCUT2D eigenvalue weighted by Gasteiger charge is 2.15. The summed E-state index contributed by atoms with van der Waals surface area (Å²) in [5.74, 6) is 0. The highest BCUT2D eigenvalue weighted by Crippen LogP contribution is 2.41. The van der Waals surface area contributed by atoms with E-state index < -0.39 is 0 Å². The van der Waals surface area contributed by atoms with Crippen molar-refractivity contribution < 1.29 is 0 Å². The zero-order valence-corrected chi connectivity index (χ0v) is 26.1. The van der Waals surface area contributed by atoms with Gasteiger partial charge in [0.1, 0.15) is 0 Å². The number of aromatic nitrogens is 2. The van der Waals surface area contributed by atoms with E-state index in [-0.39, 0.29) is 0 Å². The molecule has 3 heterocycles. The summed E-state index contributed by atoms with van der Waals surface area (Å²) in [6, 6.07) is 56.6. The van der Waals surface area contributed by atoms with Crippen LogP contribution in [-0.2, 0) is 0 Å². The number of hydrogen-bond donors (Lipinski definition) is 0. The summed E-state index contributed by atoms with van der Waals surface area (Å²) in [4.78, 5) is 10.5. The average Bonchev–Trinajstić information content (AvgIpc) is 3.52. The number of benzene rings is 7. The Morgan fingerprint density at radius 3 is 2.00 bits per heavy atom. The van der Waals surface area contributed by atoms with Gasteiger partial charge in [0, 0.05) is 47.5 Å². The van der Waals surface area contributed by atoms with Crippen LogP contribution in [-0.4, -0.2) is 9.97 Å². The Morgan fingerprint density at radius 1 is 0.404 bits per heavy atom. The van der Waals surface area contributed by atoms with Crippen molar-refractivity contribution in [3.05, 3.63) is 158 Å². The standard InChI is InChI=1S/C44H26N2S/c1-2-9-27(10-3-1)41-36-12-4-6-15-39(36)46-43-37(41)23-21-28-22-24-38(45-42(28)43)32-20-18-29-25-31(19-17-30(29)26-32)33-13-8-14-35-34-11-5-7-16-40(34)47-44(33)35/h1-26H. The fraction of sp³-hybridized carbons (Fsp3) is 0. The zero-order chi connectivity index (χ0) is 30.9. The lowest BCUT2D eigenvalue weighted by molar-refractivity contribution is 1.39. The monoisotopic (exact) mass is 614 g/mol. The molecule has 3 aromatic heterocycles. The molecule has 47 heavy (non-hydrogen) atoms. The minimum Gasteiger partial charge on any atom is -0.245 e. The van der Waals surface area contributed by atoms with Gasteiger partial charge in [-0.05, 0) is 57.8 Å². The van der Waals surface area contributed by atoms with E-state index in [2.05, 4.69) is 158 Å². The van der Waals surface area contributed by atoms with Gasteiger partial charge in [-0.3, -0.25) is 0 Å². The lowest BCUT2D eigenvalue weighted by Gasteiger charge is -2.13. The summed E-state index contributed by atoms with van der Waals surface area (Å²) < 4.78 is 2.67. The molecule has 0 radical (unpaired) electrons. The molecule has 218 valence electrons. The molecule has 0 bridgehead atoms. The summed E-state index contributed by atoms with van der Waals surface area (Å²) in [5, 5.41) is 8.43. The SMILES string of the molecule is c1ccc(-c2c3ccccc3nc3c2ccc2ccc(-c4ccc5cc(-c6cccc7c6sc6ccccc67)ccc5c4)nc23)cc1. The van der Waals surface area contributed by atoms with Crippen LogP contribution in [0.15, 0.2) is 158 Å². The highest BCUT2D eigenvalue weighted by atomic mass is 32.1. The average molecular weight is 615 g/mol. The Hall–Kier alpha value is -5.90. The van der Waals surface area contributed by atoms with Crippen molar-refractivity contribution in [2.75, 3.05) is 0 Å². The lowest BCUT2D eigenvalue weighted by atomic mass is 9.95. The van der Waals surface area contributed by atoms with Gasteiger partial charge in [0.2, 0.25) is 0 Å². The third-order valence-corrected chi connectivity index (χ3v) is 10.6. The van der Waals surface area contributed by atoms with Crippen LogP contribution in [0.2, 0.25) is 0 Å².